The van der Waals surface area contributed by atoms with Crippen molar-refractivity contribution in [1.29, 1.82) is 0 Å². The third-order valence-corrected chi connectivity index (χ3v) is 5.25. The molecule has 0 aliphatic carbocycles. The molecule has 0 aromatic heterocycles. The number of benzene rings is 3. The molecule has 3 aromatic rings. The zero-order valence-corrected chi connectivity index (χ0v) is 18.3. The zero-order chi connectivity index (χ0) is 22.9. The maximum Gasteiger partial charge on any atom is 0.243 e. The molecular weight excluding hydrogens is 407 g/mol. The van der Waals surface area contributed by atoms with Crippen LogP contribution in [0.25, 0.3) is 0 Å². The van der Waals surface area contributed by atoms with Crippen molar-refractivity contribution < 1.29 is 18.7 Å². The summed E-state index contributed by atoms with van der Waals surface area (Å²) in [5.74, 6) is -0.0814. The summed E-state index contributed by atoms with van der Waals surface area (Å²) in [5.41, 5.74) is 2.62. The number of amides is 2. The molecule has 0 unspecified atom stereocenters. The number of rotatable bonds is 9. The smallest absolute Gasteiger partial charge is 0.243 e. The molecule has 3 aromatic carbocycles. The van der Waals surface area contributed by atoms with E-state index in [0.717, 1.165) is 22.4 Å². The van der Waals surface area contributed by atoms with Gasteiger partial charge in [0.15, 0.2) is 0 Å². The second-order valence-corrected chi connectivity index (χ2v) is 7.54. The number of carbonyl (C=O) groups excluding carboxylic acids is 2. The van der Waals surface area contributed by atoms with Gasteiger partial charge in [-0.2, -0.15) is 0 Å². The molecule has 5 nitrogen and oxygen atoms in total. The van der Waals surface area contributed by atoms with Crippen LogP contribution < -0.4 is 10.1 Å². The minimum atomic E-state index is -0.710. The molecule has 0 bridgehead atoms. The monoisotopic (exact) mass is 434 g/mol. The number of hydrogen-bond acceptors (Lipinski definition) is 3. The molecule has 0 radical (unpaired) electrons. The lowest BCUT2D eigenvalue weighted by Gasteiger charge is -2.30. The third kappa shape index (κ3) is 6.41. The Bertz CT molecular complexity index is 1020. The van der Waals surface area contributed by atoms with Crippen LogP contribution in [0.4, 0.5) is 4.39 Å². The Morgan fingerprint density at radius 2 is 1.53 bits per heavy atom. The number of carbonyl (C=O) groups is 2. The molecule has 1 atom stereocenters. The van der Waals surface area contributed by atoms with E-state index in [9.17, 15) is 14.0 Å². The lowest BCUT2D eigenvalue weighted by Crippen LogP contribution is -2.49. The van der Waals surface area contributed by atoms with Gasteiger partial charge in [0.25, 0.3) is 0 Å². The Hall–Kier alpha value is -3.67. The third-order valence-electron chi connectivity index (χ3n) is 5.25. The normalized spacial score (nSPS) is 11.5. The van der Waals surface area contributed by atoms with E-state index in [1.165, 1.54) is 24.0 Å². The van der Waals surface area contributed by atoms with E-state index in [1.54, 1.807) is 19.2 Å². The highest BCUT2D eigenvalue weighted by atomic mass is 19.1. The Labute approximate surface area is 187 Å². The van der Waals surface area contributed by atoms with Crippen molar-refractivity contribution in [2.45, 2.75) is 32.5 Å². The minimum absolute atomic E-state index is 0.211. The molecule has 0 spiro atoms. The Balaban J connectivity index is 1.80. The fourth-order valence-electron chi connectivity index (χ4n) is 3.46. The van der Waals surface area contributed by atoms with Crippen LogP contribution in [0, 0.1) is 5.82 Å². The number of ether oxygens (including phenoxy) is 1. The van der Waals surface area contributed by atoms with Crippen molar-refractivity contribution in [3.63, 3.8) is 0 Å². The van der Waals surface area contributed by atoms with Crippen molar-refractivity contribution in [2.75, 3.05) is 7.11 Å². The van der Waals surface area contributed by atoms with Crippen molar-refractivity contribution in [2.24, 2.45) is 0 Å². The number of methoxy groups -OCH3 is 1. The van der Waals surface area contributed by atoms with Gasteiger partial charge in [-0.3, -0.25) is 9.59 Å². The second kappa shape index (κ2) is 11.1. The molecule has 0 aliphatic heterocycles. The van der Waals surface area contributed by atoms with Crippen LogP contribution in [-0.2, 0) is 29.1 Å². The first-order chi connectivity index (χ1) is 15.5. The number of nitrogens with one attached hydrogen (secondary N) is 1. The predicted molar refractivity (Wildman–Crippen MR) is 121 cm³/mol. The summed E-state index contributed by atoms with van der Waals surface area (Å²) in [5, 5.41) is 2.95. The molecule has 3 rings (SSSR count). The van der Waals surface area contributed by atoms with E-state index in [2.05, 4.69) is 5.32 Å². The Kier molecular flexibility index (Phi) is 7.97. The molecule has 0 saturated heterocycles. The van der Waals surface area contributed by atoms with Crippen molar-refractivity contribution in [1.82, 2.24) is 10.2 Å². The lowest BCUT2D eigenvalue weighted by molar-refractivity contribution is -0.139. The molecule has 0 saturated carbocycles. The molecule has 0 heterocycles. The first-order valence-corrected chi connectivity index (χ1v) is 10.4. The fourth-order valence-corrected chi connectivity index (χ4v) is 3.46. The SMILES string of the molecule is COc1ccc(CNC(=O)[C@@H](Cc2ccccc2)N(Cc2ccc(F)cc2)C(C)=O)cc1. The van der Waals surface area contributed by atoms with Crippen LogP contribution >= 0.6 is 0 Å². The highest BCUT2D eigenvalue weighted by molar-refractivity contribution is 5.87. The maximum atomic E-state index is 13.3. The van der Waals surface area contributed by atoms with Gasteiger partial charge in [0.05, 0.1) is 7.11 Å². The highest BCUT2D eigenvalue weighted by Gasteiger charge is 2.28. The fraction of sp³-hybridized carbons (Fsp3) is 0.231. The van der Waals surface area contributed by atoms with Crippen molar-refractivity contribution in [3.05, 3.63) is 101 Å². The first-order valence-electron chi connectivity index (χ1n) is 10.4. The van der Waals surface area contributed by atoms with Gasteiger partial charge in [0.2, 0.25) is 11.8 Å². The van der Waals surface area contributed by atoms with Gasteiger partial charge in [-0.25, -0.2) is 4.39 Å². The summed E-state index contributed by atoms with van der Waals surface area (Å²) >= 11 is 0. The first kappa shape index (κ1) is 23.0. The number of hydrogen-bond donors (Lipinski definition) is 1. The number of halogens is 1. The van der Waals surface area contributed by atoms with Gasteiger partial charge in [0, 0.05) is 26.4 Å². The Morgan fingerprint density at radius 1 is 0.906 bits per heavy atom. The molecule has 0 aliphatic rings. The molecular formula is C26H27FN2O3. The average Bonchev–Trinajstić information content (AvgIpc) is 2.81. The quantitative estimate of drug-likeness (QED) is 0.551. The largest absolute Gasteiger partial charge is 0.497 e. The second-order valence-electron chi connectivity index (χ2n) is 7.54. The van der Waals surface area contributed by atoms with E-state index < -0.39 is 6.04 Å². The van der Waals surface area contributed by atoms with E-state index >= 15 is 0 Å². The lowest BCUT2D eigenvalue weighted by atomic mass is 10.0. The Morgan fingerprint density at radius 3 is 2.12 bits per heavy atom. The molecule has 32 heavy (non-hydrogen) atoms. The average molecular weight is 435 g/mol. The molecule has 166 valence electrons. The summed E-state index contributed by atoms with van der Waals surface area (Å²) in [6, 6.07) is 22.2. The van der Waals surface area contributed by atoms with Crippen LogP contribution in [0.5, 0.6) is 5.75 Å². The summed E-state index contributed by atoms with van der Waals surface area (Å²) in [7, 11) is 1.60. The van der Waals surface area contributed by atoms with Gasteiger partial charge < -0.3 is 15.0 Å². The van der Waals surface area contributed by atoms with E-state index in [0.29, 0.717) is 13.0 Å². The van der Waals surface area contributed by atoms with Crippen LogP contribution in [0.15, 0.2) is 78.9 Å². The van der Waals surface area contributed by atoms with Crippen LogP contribution in [0.3, 0.4) is 0 Å². The summed E-state index contributed by atoms with van der Waals surface area (Å²) < 4.78 is 18.5. The van der Waals surface area contributed by atoms with Crippen LogP contribution in [0.1, 0.15) is 23.6 Å². The molecule has 6 heteroatoms. The standard InChI is InChI=1S/C26H27FN2O3/c1-19(30)29(18-22-8-12-23(27)13-9-22)25(16-20-6-4-3-5-7-20)26(31)28-17-21-10-14-24(32-2)15-11-21/h3-15,25H,16-18H2,1-2H3,(H,28,31)/t25-/m1/s1. The topological polar surface area (TPSA) is 58.6 Å². The van der Waals surface area contributed by atoms with Gasteiger partial charge >= 0.3 is 0 Å². The van der Waals surface area contributed by atoms with Gasteiger partial charge in [-0.05, 0) is 41.0 Å². The number of nitrogens with zero attached hydrogens (tertiary/aromatic N) is 1. The van der Waals surface area contributed by atoms with E-state index in [-0.39, 0.29) is 24.2 Å². The molecule has 1 N–H and O–H groups in total. The van der Waals surface area contributed by atoms with Crippen molar-refractivity contribution in [3.8, 4) is 5.75 Å². The van der Waals surface area contributed by atoms with Crippen LogP contribution in [0.2, 0.25) is 0 Å². The summed E-state index contributed by atoms with van der Waals surface area (Å²) in [4.78, 5) is 27.3. The summed E-state index contributed by atoms with van der Waals surface area (Å²) in [6.07, 6.45) is 0.371. The van der Waals surface area contributed by atoms with Gasteiger partial charge in [-0.1, -0.05) is 54.6 Å². The zero-order valence-electron chi connectivity index (χ0n) is 18.3. The van der Waals surface area contributed by atoms with E-state index in [1.807, 2.05) is 54.6 Å². The van der Waals surface area contributed by atoms with Gasteiger partial charge in [-0.15, -0.1) is 0 Å². The predicted octanol–water partition coefficient (Wildman–Crippen LogP) is 4.11. The maximum absolute atomic E-state index is 13.3. The summed E-state index contributed by atoms with van der Waals surface area (Å²) in [6.45, 7) is 1.98. The molecule has 2 amide bonds. The minimum Gasteiger partial charge on any atom is -0.497 e. The molecule has 0 fully saturated rings. The van der Waals surface area contributed by atoms with Crippen LogP contribution in [-0.4, -0.2) is 29.9 Å². The highest BCUT2D eigenvalue weighted by Crippen LogP contribution is 2.16. The van der Waals surface area contributed by atoms with E-state index in [4.69, 9.17) is 4.74 Å². The van der Waals surface area contributed by atoms with Crippen molar-refractivity contribution >= 4 is 11.8 Å². The van der Waals surface area contributed by atoms with Gasteiger partial charge in [0.1, 0.15) is 17.6 Å².